The average Bonchev–Trinajstić information content (AvgIpc) is 3.24. The highest BCUT2D eigenvalue weighted by Crippen LogP contribution is 2.23. The third-order valence-corrected chi connectivity index (χ3v) is 5.70. The molecule has 0 aromatic heterocycles. The molecule has 154 valence electrons. The van der Waals surface area contributed by atoms with Crippen molar-refractivity contribution in [2.24, 2.45) is 0 Å². The van der Waals surface area contributed by atoms with E-state index in [1.807, 2.05) is 18.2 Å². The number of benzene rings is 2. The topological polar surface area (TPSA) is 89.9 Å². The fourth-order valence-electron chi connectivity index (χ4n) is 3.60. The van der Waals surface area contributed by atoms with Crippen molar-refractivity contribution in [2.75, 3.05) is 13.2 Å². The number of nitrogens with zero attached hydrogens (tertiary/aromatic N) is 1. The van der Waals surface area contributed by atoms with Gasteiger partial charge in [0.25, 0.3) is 5.91 Å². The normalized spacial score (nSPS) is 18.3. The number of rotatable bonds is 7. The third-order valence-electron chi connectivity index (χ3n) is 5.17. The smallest absolute Gasteiger partial charge is 0.254 e. The summed E-state index contributed by atoms with van der Waals surface area (Å²) in [6.45, 7) is 0.229. The Hall–Kier alpha value is -2.22. The minimum atomic E-state index is -0.794. The molecule has 3 rings (SSSR count). The Morgan fingerprint density at radius 1 is 1.14 bits per heavy atom. The lowest BCUT2D eigenvalue weighted by Crippen LogP contribution is -2.50. The van der Waals surface area contributed by atoms with Gasteiger partial charge >= 0.3 is 0 Å². The standard InChI is InChI=1S/C22H25BrN2O4/c23-17-10-8-16(9-11-17)22(29)25-12-4-7-19(25)21(28)24-18(14-26)13-20(27)15-5-2-1-3-6-15/h1-3,5-6,8-11,18-20,26-27H,4,7,12-14H2,(H,24,28). The lowest BCUT2D eigenvalue weighted by molar-refractivity contribution is -0.126. The number of carbonyl (C=O) groups is 2. The molecular weight excluding hydrogens is 436 g/mol. The largest absolute Gasteiger partial charge is 0.394 e. The molecule has 0 saturated carbocycles. The van der Waals surface area contributed by atoms with Gasteiger partial charge in [0.05, 0.1) is 18.8 Å². The summed E-state index contributed by atoms with van der Waals surface area (Å²) in [4.78, 5) is 27.2. The highest BCUT2D eigenvalue weighted by Gasteiger charge is 2.35. The second kappa shape index (κ2) is 10.0. The van der Waals surface area contributed by atoms with Crippen LogP contribution in [0.4, 0.5) is 0 Å². The van der Waals surface area contributed by atoms with Crippen molar-refractivity contribution in [3.05, 3.63) is 70.2 Å². The predicted molar refractivity (Wildman–Crippen MR) is 113 cm³/mol. The van der Waals surface area contributed by atoms with Gasteiger partial charge in [-0.2, -0.15) is 0 Å². The van der Waals surface area contributed by atoms with E-state index < -0.39 is 18.2 Å². The molecule has 0 radical (unpaired) electrons. The second-order valence-corrected chi connectivity index (χ2v) is 8.13. The van der Waals surface area contributed by atoms with Gasteiger partial charge in [-0.1, -0.05) is 46.3 Å². The Morgan fingerprint density at radius 3 is 2.48 bits per heavy atom. The zero-order valence-electron chi connectivity index (χ0n) is 16.0. The van der Waals surface area contributed by atoms with Crippen LogP contribution in [0.5, 0.6) is 0 Å². The maximum atomic E-state index is 12.8. The summed E-state index contributed by atoms with van der Waals surface area (Å²) in [6.07, 6.45) is 0.724. The van der Waals surface area contributed by atoms with Gasteiger partial charge in [-0.25, -0.2) is 0 Å². The van der Waals surface area contributed by atoms with Crippen LogP contribution in [0.15, 0.2) is 59.1 Å². The third kappa shape index (κ3) is 5.44. The summed E-state index contributed by atoms with van der Waals surface area (Å²) in [6, 6.07) is 15.0. The van der Waals surface area contributed by atoms with E-state index in [1.165, 1.54) is 0 Å². The van der Waals surface area contributed by atoms with Crippen LogP contribution in [0.3, 0.4) is 0 Å². The lowest BCUT2D eigenvalue weighted by atomic mass is 10.0. The van der Waals surface area contributed by atoms with Crippen LogP contribution in [0, 0.1) is 0 Å². The van der Waals surface area contributed by atoms with Gasteiger partial charge in [-0.15, -0.1) is 0 Å². The number of aliphatic hydroxyl groups excluding tert-OH is 2. The minimum Gasteiger partial charge on any atom is -0.394 e. The Kier molecular flexibility index (Phi) is 7.41. The molecule has 1 aliphatic rings. The van der Waals surface area contributed by atoms with E-state index in [4.69, 9.17) is 0 Å². The van der Waals surface area contributed by atoms with E-state index >= 15 is 0 Å². The van der Waals surface area contributed by atoms with Crippen molar-refractivity contribution in [1.29, 1.82) is 0 Å². The van der Waals surface area contributed by atoms with Gasteiger partial charge in [0.15, 0.2) is 0 Å². The van der Waals surface area contributed by atoms with E-state index in [0.29, 0.717) is 18.5 Å². The van der Waals surface area contributed by atoms with Crippen molar-refractivity contribution >= 4 is 27.7 Å². The number of halogens is 1. The Labute approximate surface area is 178 Å². The highest BCUT2D eigenvalue weighted by atomic mass is 79.9. The van der Waals surface area contributed by atoms with Crippen molar-refractivity contribution in [1.82, 2.24) is 10.2 Å². The molecule has 0 aliphatic carbocycles. The molecule has 2 aromatic carbocycles. The fourth-order valence-corrected chi connectivity index (χ4v) is 3.86. The fraction of sp³-hybridized carbons (Fsp3) is 0.364. The number of carbonyl (C=O) groups excluding carboxylic acids is 2. The average molecular weight is 461 g/mol. The number of aliphatic hydroxyl groups is 2. The first-order chi connectivity index (χ1) is 14.0. The van der Waals surface area contributed by atoms with E-state index in [-0.39, 0.29) is 24.8 Å². The van der Waals surface area contributed by atoms with Crippen LogP contribution in [0.2, 0.25) is 0 Å². The molecule has 29 heavy (non-hydrogen) atoms. The van der Waals surface area contributed by atoms with Crippen LogP contribution in [0.1, 0.15) is 41.3 Å². The summed E-state index contributed by atoms with van der Waals surface area (Å²) in [5.41, 5.74) is 1.26. The van der Waals surface area contributed by atoms with Crippen LogP contribution in [-0.4, -0.2) is 52.2 Å². The summed E-state index contributed by atoms with van der Waals surface area (Å²) in [7, 11) is 0. The van der Waals surface area contributed by atoms with E-state index in [9.17, 15) is 19.8 Å². The molecule has 3 N–H and O–H groups in total. The first kappa shape index (κ1) is 21.5. The number of hydrogen-bond donors (Lipinski definition) is 3. The van der Waals surface area contributed by atoms with Crippen molar-refractivity contribution in [3.63, 3.8) is 0 Å². The first-order valence-electron chi connectivity index (χ1n) is 9.70. The Morgan fingerprint density at radius 2 is 1.83 bits per heavy atom. The van der Waals surface area contributed by atoms with Gasteiger partial charge in [-0.05, 0) is 49.1 Å². The molecule has 2 amide bonds. The molecule has 3 atom stereocenters. The second-order valence-electron chi connectivity index (χ2n) is 7.21. The number of amides is 2. The number of likely N-dealkylation sites (tertiary alicyclic amines) is 1. The molecule has 0 spiro atoms. The van der Waals surface area contributed by atoms with Crippen LogP contribution >= 0.6 is 15.9 Å². The van der Waals surface area contributed by atoms with Gasteiger partial charge in [0, 0.05) is 16.6 Å². The van der Waals surface area contributed by atoms with Crippen molar-refractivity contribution < 1.29 is 19.8 Å². The summed E-state index contributed by atoms with van der Waals surface area (Å²) < 4.78 is 0.882. The predicted octanol–water partition coefficient (Wildman–Crippen LogP) is 2.65. The minimum absolute atomic E-state index is 0.181. The molecule has 1 heterocycles. The maximum absolute atomic E-state index is 12.8. The van der Waals surface area contributed by atoms with Gasteiger partial charge in [0.2, 0.25) is 5.91 Å². The lowest BCUT2D eigenvalue weighted by Gasteiger charge is -2.27. The van der Waals surface area contributed by atoms with Crippen molar-refractivity contribution in [2.45, 2.75) is 37.5 Å². The summed E-state index contributed by atoms with van der Waals surface area (Å²) in [5.74, 6) is -0.479. The monoisotopic (exact) mass is 460 g/mol. The van der Waals surface area contributed by atoms with Crippen LogP contribution < -0.4 is 5.32 Å². The van der Waals surface area contributed by atoms with E-state index in [0.717, 1.165) is 16.5 Å². The van der Waals surface area contributed by atoms with Gasteiger partial charge < -0.3 is 20.4 Å². The Bertz CT molecular complexity index is 828. The number of hydrogen-bond acceptors (Lipinski definition) is 4. The van der Waals surface area contributed by atoms with Crippen LogP contribution in [0.25, 0.3) is 0 Å². The zero-order chi connectivity index (χ0) is 20.8. The molecular formula is C22H25BrN2O4. The molecule has 1 aliphatic heterocycles. The van der Waals surface area contributed by atoms with Crippen molar-refractivity contribution in [3.8, 4) is 0 Å². The quantitative estimate of drug-likeness (QED) is 0.592. The molecule has 7 heteroatoms. The molecule has 1 fully saturated rings. The van der Waals surface area contributed by atoms with Gasteiger partial charge in [0.1, 0.15) is 6.04 Å². The summed E-state index contributed by atoms with van der Waals surface area (Å²) >= 11 is 3.35. The highest BCUT2D eigenvalue weighted by molar-refractivity contribution is 9.10. The SMILES string of the molecule is O=C(NC(CO)CC(O)c1ccccc1)C1CCCN1C(=O)c1ccc(Br)cc1. The van der Waals surface area contributed by atoms with E-state index in [2.05, 4.69) is 21.2 Å². The molecule has 6 nitrogen and oxygen atoms in total. The summed E-state index contributed by atoms with van der Waals surface area (Å²) in [5, 5.41) is 22.9. The maximum Gasteiger partial charge on any atom is 0.254 e. The molecule has 0 bridgehead atoms. The van der Waals surface area contributed by atoms with E-state index in [1.54, 1.807) is 41.3 Å². The van der Waals surface area contributed by atoms with Crippen LogP contribution in [-0.2, 0) is 4.79 Å². The number of nitrogens with one attached hydrogen (secondary N) is 1. The molecule has 3 unspecified atom stereocenters. The van der Waals surface area contributed by atoms with Gasteiger partial charge in [-0.3, -0.25) is 9.59 Å². The Balaban J connectivity index is 1.63. The molecule has 1 saturated heterocycles. The molecule has 2 aromatic rings. The first-order valence-corrected chi connectivity index (χ1v) is 10.5. The zero-order valence-corrected chi connectivity index (χ0v) is 17.6.